The number of benzene rings is 3. The monoisotopic (exact) mass is 345 g/mol. The van der Waals surface area contributed by atoms with Gasteiger partial charge in [0.15, 0.2) is 0 Å². The topological polar surface area (TPSA) is 9.23 Å². The van der Waals surface area contributed by atoms with E-state index in [-0.39, 0.29) is 11.1 Å². The SMILES string of the molecule is Cc1cccc(Oc2cccc(-c3[c]c(F)ccc3C(F)(F)F)c2)c1. The summed E-state index contributed by atoms with van der Waals surface area (Å²) in [6.07, 6.45) is -4.60. The first kappa shape index (κ1) is 17.0. The smallest absolute Gasteiger partial charge is 0.417 e. The van der Waals surface area contributed by atoms with E-state index < -0.39 is 17.6 Å². The lowest BCUT2D eigenvalue weighted by atomic mass is 9.99. The standard InChI is InChI=1S/C20H13F4O/c1-13-4-2-6-16(10-13)25-17-7-3-5-14(11-17)18-12-15(21)8-9-19(18)20(22,23)24/h2-11H,1H3. The molecule has 0 aromatic heterocycles. The second kappa shape index (κ2) is 6.59. The van der Waals surface area contributed by atoms with Crippen LogP contribution in [0.15, 0.2) is 60.7 Å². The number of rotatable bonds is 3. The second-order valence-electron chi connectivity index (χ2n) is 5.54. The first-order valence-electron chi connectivity index (χ1n) is 7.47. The van der Waals surface area contributed by atoms with Crippen molar-refractivity contribution in [2.45, 2.75) is 13.1 Å². The first-order valence-corrected chi connectivity index (χ1v) is 7.47. The zero-order valence-corrected chi connectivity index (χ0v) is 13.2. The van der Waals surface area contributed by atoms with Crippen molar-refractivity contribution in [2.24, 2.45) is 0 Å². The Balaban J connectivity index is 2.01. The lowest BCUT2D eigenvalue weighted by Gasteiger charge is -2.14. The molecule has 5 heteroatoms. The number of alkyl halides is 3. The van der Waals surface area contributed by atoms with Gasteiger partial charge in [-0.3, -0.25) is 0 Å². The Labute approximate surface area is 142 Å². The summed E-state index contributed by atoms with van der Waals surface area (Å²) in [5, 5.41) is 0. The van der Waals surface area contributed by atoms with Crippen LogP contribution in [0, 0.1) is 18.8 Å². The molecular formula is C20H13F4O. The quantitative estimate of drug-likeness (QED) is 0.498. The predicted octanol–water partition coefficient (Wildman–Crippen LogP) is 6.41. The minimum Gasteiger partial charge on any atom is -0.457 e. The molecule has 0 aliphatic rings. The molecular weight excluding hydrogens is 332 g/mol. The minimum atomic E-state index is -4.60. The molecule has 0 spiro atoms. The molecule has 3 aromatic carbocycles. The average molecular weight is 345 g/mol. The van der Waals surface area contributed by atoms with Gasteiger partial charge in [0.2, 0.25) is 0 Å². The molecule has 0 N–H and O–H groups in total. The summed E-state index contributed by atoms with van der Waals surface area (Å²) in [4.78, 5) is 0. The van der Waals surface area contributed by atoms with Crippen LogP contribution in [0.25, 0.3) is 11.1 Å². The number of hydrogen-bond acceptors (Lipinski definition) is 1. The van der Waals surface area contributed by atoms with Gasteiger partial charge in [-0.1, -0.05) is 24.3 Å². The molecule has 0 heterocycles. The number of hydrogen-bond donors (Lipinski definition) is 0. The van der Waals surface area contributed by atoms with Crippen LogP contribution >= 0.6 is 0 Å². The van der Waals surface area contributed by atoms with Gasteiger partial charge < -0.3 is 4.74 Å². The maximum absolute atomic E-state index is 13.5. The molecule has 0 aliphatic carbocycles. The average Bonchev–Trinajstić information content (AvgIpc) is 2.54. The Bertz CT molecular complexity index is 900. The van der Waals surface area contributed by atoms with Crippen LogP contribution in [0.5, 0.6) is 11.5 Å². The van der Waals surface area contributed by atoms with Crippen LogP contribution in [-0.2, 0) is 6.18 Å². The number of halogens is 4. The molecule has 0 saturated heterocycles. The molecule has 0 atom stereocenters. The molecule has 3 aromatic rings. The minimum absolute atomic E-state index is 0.178. The zero-order valence-electron chi connectivity index (χ0n) is 13.2. The summed E-state index contributed by atoms with van der Waals surface area (Å²) in [6.45, 7) is 1.90. The first-order chi connectivity index (χ1) is 11.8. The van der Waals surface area contributed by atoms with Crippen molar-refractivity contribution in [3.63, 3.8) is 0 Å². The van der Waals surface area contributed by atoms with Crippen LogP contribution in [0.3, 0.4) is 0 Å². The normalized spacial score (nSPS) is 11.4. The number of aryl methyl sites for hydroxylation is 1. The maximum atomic E-state index is 13.5. The van der Waals surface area contributed by atoms with Crippen molar-refractivity contribution in [3.05, 3.63) is 83.7 Å². The van der Waals surface area contributed by atoms with Gasteiger partial charge in [0, 0.05) is 11.6 Å². The van der Waals surface area contributed by atoms with E-state index in [0.29, 0.717) is 11.5 Å². The van der Waals surface area contributed by atoms with Crippen molar-refractivity contribution in [1.29, 1.82) is 0 Å². The van der Waals surface area contributed by atoms with Crippen molar-refractivity contribution >= 4 is 0 Å². The van der Waals surface area contributed by atoms with Gasteiger partial charge in [-0.25, -0.2) is 4.39 Å². The summed E-state index contributed by atoms with van der Waals surface area (Å²) in [5.41, 5.74) is -0.118. The van der Waals surface area contributed by atoms with Crippen molar-refractivity contribution in [1.82, 2.24) is 0 Å². The Hall–Kier alpha value is -2.82. The van der Waals surface area contributed by atoms with Crippen LogP contribution in [0.2, 0.25) is 0 Å². The highest BCUT2D eigenvalue weighted by Gasteiger charge is 2.34. The van der Waals surface area contributed by atoms with E-state index in [1.165, 1.54) is 12.1 Å². The van der Waals surface area contributed by atoms with Gasteiger partial charge in [-0.15, -0.1) is 0 Å². The number of ether oxygens (including phenoxy) is 1. The maximum Gasteiger partial charge on any atom is 0.417 e. The third-order valence-corrected chi connectivity index (χ3v) is 3.56. The molecule has 0 fully saturated rings. The van der Waals surface area contributed by atoms with E-state index in [9.17, 15) is 17.6 Å². The van der Waals surface area contributed by atoms with Crippen molar-refractivity contribution < 1.29 is 22.3 Å². The second-order valence-corrected chi connectivity index (χ2v) is 5.54. The van der Waals surface area contributed by atoms with Gasteiger partial charge in [0.05, 0.1) is 5.56 Å². The Morgan fingerprint density at radius 2 is 1.56 bits per heavy atom. The Morgan fingerprint density at radius 3 is 2.24 bits per heavy atom. The van der Waals surface area contributed by atoms with Gasteiger partial charge in [-0.05, 0) is 54.4 Å². The molecule has 1 radical (unpaired) electrons. The van der Waals surface area contributed by atoms with E-state index >= 15 is 0 Å². The van der Waals surface area contributed by atoms with Crippen molar-refractivity contribution in [2.75, 3.05) is 0 Å². The Morgan fingerprint density at radius 1 is 0.880 bits per heavy atom. The largest absolute Gasteiger partial charge is 0.457 e. The molecule has 0 aliphatic heterocycles. The highest BCUT2D eigenvalue weighted by atomic mass is 19.4. The summed E-state index contributed by atoms with van der Waals surface area (Å²) in [7, 11) is 0. The lowest BCUT2D eigenvalue weighted by Crippen LogP contribution is -2.07. The van der Waals surface area contributed by atoms with Crippen LogP contribution < -0.4 is 4.74 Å². The van der Waals surface area contributed by atoms with E-state index in [1.54, 1.807) is 18.2 Å². The lowest BCUT2D eigenvalue weighted by molar-refractivity contribution is -0.137. The summed E-state index contributed by atoms with van der Waals surface area (Å²) in [6, 6.07) is 17.0. The summed E-state index contributed by atoms with van der Waals surface area (Å²) in [5.74, 6) is 0.0679. The third kappa shape index (κ3) is 3.99. The molecule has 127 valence electrons. The highest BCUT2D eigenvalue weighted by molar-refractivity contribution is 5.69. The molecule has 3 rings (SSSR count). The van der Waals surface area contributed by atoms with E-state index in [2.05, 4.69) is 6.07 Å². The van der Waals surface area contributed by atoms with E-state index in [1.807, 2.05) is 25.1 Å². The summed E-state index contributed by atoms with van der Waals surface area (Å²) >= 11 is 0. The van der Waals surface area contributed by atoms with Gasteiger partial charge >= 0.3 is 6.18 Å². The van der Waals surface area contributed by atoms with Crippen molar-refractivity contribution in [3.8, 4) is 22.6 Å². The fourth-order valence-corrected chi connectivity index (χ4v) is 2.46. The summed E-state index contributed by atoms with van der Waals surface area (Å²) < 4.78 is 58.7. The van der Waals surface area contributed by atoms with Gasteiger partial charge in [-0.2, -0.15) is 13.2 Å². The molecule has 0 amide bonds. The molecule has 0 unspecified atom stereocenters. The molecule has 25 heavy (non-hydrogen) atoms. The molecule has 0 bridgehead atoms. The Kier molecular flexibility index (Phi) is 4.49. The molecule has 1 nitrogen and oxygen atoms in total. The van der Waals surface area contributed by atoms with Gasteiger partial charge in [0.25, 0.3) is 0 Å². The van der Waals surface area contributed by atoms with Crippen LogP contribution in [-0.4, -0.2) is 0 Å². The van der Waals surface area contributed by atoms with Crippen LogP contribution in [0.1, 0.15) is 11.1 Å². The fourth-order valence-electron chi connectivity index (χ4n) is 2.46. The fraction of sp³-hybridized carbons (Fsp3) is 0.100. The highest BCUT2D eigenvalue weighted by Crippen LogP contribution is 2.38. The predicted molar refractivity (Wildman–Crippen MR) is 86.9 cm³/mol. The van der Waals surface area contributed by atoms with Gasteiger partial charge in [0.1, 0.15) is 17.3 Å². The van der Waals surface area contributed by atoms with E-state index in [4.69, 9.17) is 4.74 Å². The van der Waals surface area contributed by atoms with Crippen LogP contribution in [0.4, 0.5) is 17.6 Å². The van der Waals surface area contributed by atoms with E-state index in [0.717, 1.165) is 17.7 Å². The molecule has 0 saturated carbocycles. The zero-order chi connectivity index (χ0) is 18.0. The third-order valence-electron chi connectivity index (χ3n) is 3.56.